The van der Waals surface area contributed by atoms with Gasteiger partial charge in [-0.2, -0.15) is 0 Å². The second-order valence-electron chi connectivity index (χ2n) is 2.96. The van der Waals surface area contributed by atoms with Crippen molar-refractivity contribution in [2.24, 2.45) is 5.73 Å². The number of nitrogens with two attached hydrogens (primary N) is 1. The number of hydrogen-bond acceptors (Lipinski definition) is 2. The number of aliphatic hydroxyl groups is 1. The molecule has 0 fully saturated rings. The highest BCUT2D eigenvalue weighted by molar-refractivity contribution is 5.25. The monoisotopic (exact) mass is 183 g/mol. The lowest BCUT2D eigenvalue weighted by Gasteiger charge is -2.03. The van der Waals surface area contributed by atoms with E-state index in [2.05, 4.69) is 0 Å². The van der Waals surface area contributed by atoms with Gasteiger partial charge in [-0.05, 0) is 24.5 Å². The summed E-state index contributed by atoms with van der Waals surface area (Å²) in [6.45, 7) is 0.383. The standard InChI is InChI=1S/C10H14FNO/c11-10-4-3-8(2-1-5-13)6-9(10)7-12/h3-4,6,13H,1-2,5,7,12H2. The molecule has 0 amide bonds. The molecule has 0 spiro atoms. The van der Waals surface area contributed by atoms with Crippen molar-refractivity contribution in [3.63, 3.8) is 0 Å². The number of aryl methyl sites for hydroxylation is 1. The first-order chi connectivity index (χ1) is 6.27. The lowest BCUT2D eigenvalue weighted by molar-refractivity contribution is 0.288. The summed E-state index contributed by atoms with van der Waals surface area (Å²) < 4.78 is 13.0. The van der Waals surface area contributed by atoms with Crippen molar-refractivity contribution in [1.29, 1.82) is 0 Å². The van der Waals surface area contributed by atoms with Gasteiger partial charge in [0.05, 0.1) is 0 Å². The van der Waals surface area contributed by atoms with Gasteiger partial charge in [0, 0.05) is 18.7 Å². The van der Waals surface area contributed by atoms with Crippen LogP contribution in [0.25, 0.3) is 0 Å². The van der Waals surface area contributed by atoms with Gasteiger partial charge in [0.15, 0.2) is 0 Å². The predicted molar refractivity (Wildman–Crippen MR) is 49.7 cm³/mol. The van der Waals surface area contributed by atoms with E-state index in [4.69, 9.17) is 10.8 Å². The highest BCUT2D eigenvalue weighted by Gasteiger charge is 2.01. The Labute approximate surface area is 77.2 Å². The summed E-state index contributed by atoms with van der Waals surface area (Å²) in [5.41, 5.74) is 6.92. The fourth-order valence-electron chi connectivity index (χ4n) is 1.22. The maximum Gasteiger partial charge on any atom is 0.127 e. The Kier molecular flexibility index (Phi) is 3.86. The van der Waals surface area contributed by atoms with Gasteiger partial charge in [-0.1, -0.05) is 12.1 Å². The molecule has 0 atom stereocenters. The largest absolute Gasteiger partial charge is 0.396 e. The molecule has 1 aromatic carbocycles. The first kappa shape index (κ1) is 10.2. The smallest absolute Gasteiger partial charge is 0.127 e. The van der Waals surface area contributed by atoms with E-state index in [9.17, 15) is 4.39 Å². The van der Waals surface area contributed by atoms with Gasteiger partial charge in [0.1, 0.15) is 5.82 Å². The van der Waals surface area contributed by atoms with Crippen LogP contribution in [0.5, 0.6) is 0 Å². The molecular weight excluding hydrogens is 169 g/mol. The number of rotatable bonds is 4. The highest BCUT2D eigenvalue weighted by Crippen LogP contribution is 2.11. The Morgan fingerprint density at radius 1 is 1.38 bits per heavy atom. The molecule has 0 aromatic heterocycles. The van der Waals surface area contributed by atoms with E-state index in [0.717, 1.165) is 12.0 Å². The molecular formula is C10H14FNO. The molecule has 0 aliphatic heterocycles. The molecule has 0 bridgehead atoms. The van der Waals surface area contributed by atoms with Crippen molar-refractivity contribution < 1.29 is 9.50 Å². The van der Waals surface area contributed by atoms with Crippen molar-refractivity contribution in [3.8, 4) is 0 Å². The topological polar surface area (TPSA) is 46.2 Å². The van der Waals surface area contributed by atoms with Crippen LogP contribution in [0.4, 0.5) is 4.39 Å². The molecule has 0 radical (unpaired) electrons. The first-order valence-electron chi connectivity index (χ1n) is 4.36. The summed E-state index contributed by atoms with van der Waals surface area (Å²) in [4.78, 5) is 0. The van der Waals surface area contributed by atoms with Gasteiger partial charge >= 0.3 is 0 Å². The van der Waals surface area contributed by atoms with E-state index in [1.807, 2.05) is 0 Å². The molecule has 1 rings (SSSR count). The Hall–Kier alpha value is -0.930. The minimum Gasteiger partial charge on any atom is -0.396 e. The molecule has 0 saturated heterocycles. The van der Waals surface area contributed by atoms with E-state index in [1.165, 1.54) is 6.07 Å². The summed E-state index contributed by atoms with van der Waals surface area (Å²) in [5, 5.41) is 8.61. The molecule has 2 nitrogen and oxygen atoms in total. The second-order valence-corrected chi connectivity index (χ2v) is 2.96. The third-order valence-corrected chi connectivity index (χ3v) is 1.95. The maximum absolute atomic E-state index is 13.0. The summed E-state index contributed by atoms with van der Waals surface area (Å²) in [6, 6.07) is 4.91. The number of halogens is 1. The second kappa shape index (κ2) is 4.94. The summed E-state index contributed by atoms with van der Waals surface area (Å²) in [7, 11) is 0. The summed E-state index contributed by atoms with van der Waals surface area (Å²) in [6.07, 6.45) is 1.47. The summed E-state index contributed by atoms with van der Waals surface area (Å²) >= 11 is 0. The van der Waals surface area contributed by atoms with Crippen molar-refractivity contribution in [2.45, 2.75) is 19.4 Å². The van der Waals surface area contributed by atoms with Crippen LogP contribution < -0.4 is 5.73 Å². The first-order valence-corrected chi connectivity index (χ1v) is 4.36. The molecule has 0 aliphatic rings. The fraction of sp³-hybridized carbons (Fsp3) is 0.400. The third-order valence-electron chi connectivity index (χ3n) is 1.95. The maximum atomic E-state index is 13.0. The molecule has 3 N–H and O–H groups in total. The van der Waals surface area contributed by atoms with Crippen LogP contribution >= 0.6 is 0 Å². The van der Waals surface area contributed by atoms with E-state index < -0.39 is 0 Å². The normalized spacial score (nSPS) is 10.4. The minimum atomic E-state index is -0.254. The van der Waals surface area contributed by atoms with Crippen LogP contribution in [0.3, 0.4) is 0 Å². The van der Waals surface area contributed by atoms with Crippen LogP contribution in [0.1, 0.15) is 17.5 Å². The average Bonchev–Trinajstić information content (AvgIpc) is 2.16. The average molecular weight is 183 g/mol. The van der Waals surface area contributed by atoms with Crippen molar-refractivity contribution >= 4 is 0 Å². The van der Waals surface area contributed by atoms with Gasteiger partial charge in [-0.25, -0.2) is 4.39 Å². The molecule has 0 saturated carbocycles. The molecule has 0 unspecified atom stereocenters. The molecule has 3 heteroatoms. The summed E-state index contributed by atoms with van der Waals surface area (Å²) in [5.74, 6) is -0.254. The van der Waals surface area contributed by atoms with Crippen LogP contribution in [0.2, 0.25) is 0 Å². The van der Waals surface area contributed by atoms with E-state index >= 15 is 0 Å². The Morgan fingerprint density at radius 3 is 2.77 bits per heavy atom. The molecule has 0 heterocycles. The van der Waals surface area contributed by atoms with Gasteiger partial charge in [0.25, 0.3) is 0 Å². The molecule has 1 aromatic rings. The minimum absolute atomic E-state index is 0.162. The van der Waals surface area contributed by atoms with Crippen LogP contribution in [-0.2, 0) is 13.0 Å². The SMILES string of the molecule is NCc1cc(CCCO)ccc1F. The van der Waals surface area contributed by atoms with Crippen LogP contribution in [0.15, 0.2) is 18.2 Å². The van der Waals surface area contributed by atoms with Gasteiger partial charge in [-0.3, -0.25) is 0 Å². The zero-order valence-electron chi connectivity index (χ0n) is 7.46. The Morgan fingerprint density at radius 2 is 2.15 bits per heavy atom. The zero-order chi connectivity index (χ0) is 9.68. The Bertz CT molecular complexity index is 276. The van der Waals surface area contributed by atoms with Crippen LogP contribution in [-0.4, -0.2) is 11.7 Å². The predicted octanol–water partition coefficient (Wildman–Crippen LogP) is 1.21. The van der Waals surface area contributed by atoms with E-state index in [-0.39, 0.29) is 19.0 Å². The molecule has 0 aliphatic carbocycles. The molecule has 72 valence electrons. The van der Waals surface area contributed by atoms with E-state index in [1.54, 1.807) is 12.1 Å². The van der Waals surface area contributed by atoms with Gasteiger partial charge in [0.2, 0.25) is 0 Å². The van der Waals surface area contributed by atoms with Crippen molar-refractivity contribution in [2.75, 3.05) is 6.61 Å². The zero-order valence-corrected chi connectivity index (χ0v) is 7.46. The van der Waals surface area contributed by atoms with E-state index in [0.29, 0.717) is 12.0 Å². The third kappa shape index (κ3) is 2.79. The Balaban J connectivity index is 2.74. The quantitative estimate of drug-likeness (QED) is 0.737. The molecule has 13 heavy (non-hydrogen) atoms. The lowest BCUT2D eigenvalue weighted by atomic mass is 10.1. The lowest BCUT2D eigenvalue weighted by Crippen LogP contribution is -2.01. The number of aliphatic hydroxyl groups excluding tert-OH is 1. The van der Waals surface area contributed by atoms with Crippen LogP contribution in [0, 0.1) is 5.82 Å². The van der Waals surface area contributed by atoms with Gasteiger partial charge < -0.3 is 10.8 Å². The number of hydrogen-bond donors (Lipinski definition) is 2. The highest BCUT2D eigenvalue weighted by atomic mass is 19.1. The van der Waals surface area contributed by atoms with Gasteiger partial charge in [-0.15, -0.1) is 0 Å². The fourth-order valence-corrected chi connectivity index (χ4v) is 1.22. The van der Waals surface area contributed by atoms with Crippen molar-refractivity contribution in [3.05, 3.63) is 35.1 Å². The number of benzene rings is 1. The van der Waals surface area contributed by atoms with Crippen molar-refractivity contribution in [1.82, 2.24) is 0 Å².